The SMILES string of the molecule is CO[Si](CC=CC=CC(=O)O)(OC)OC. The second-order valence-electron chi connectivity index (χ2n) is 2.63. The van der Waals surface area contributed by atoms with Gasteiger partial charge in [-0.1, -0.05) is 18.2 Å². The number of hydrogen-bond acceptors (Lipinski definition) is 4. The third-order valence-corrected chi connectivity index (χ3v) is 4.39. The largest absolute Gasteiger partial charge is 0.504 e. The Kier molecular flexibility index (Phi) is 6.89. The van der Waals surface area contributed by atoms with Gasteiger partial charge in [0.15, 0.2) is 0 Å². The van der Waals surface area contributed by atoms with Crippen LogP contribution in [0.1, 0.15) is 0 Å². The molecule has 0 rings (SSSR count). The molecule has 0 radical (unpaired) electrons. The first-order valence-electron chi connectivity index (χ1n) is 4.32. The van der Waals surface area contributed by atoms with E-state index >= 15 is 0 Å². The number of rotatable bonds is 7. The zero-order valence-electron chi connectivity index (χ0n) is 9.10. The molecule has 1 N–H and O–H groups in total. The fourth-order valence-electron chi connectivity index (χ4n) is 0.929. The Balaban J connectivity index is 4.16. The van der Waals surface area contributed by atoms with E-state index < -0.39 is 14.8 Å². The zero-order valence-corrected chi connectivity index (χ0v) is 10.1. The molecule has 0 bridgehead atoms. The number of allylic oxidation sites excluding steroid dienone is 3. The number of aliphatic carboxylic acids is 1. The molecule has 0 spiro atoms. The Morgan fingerprint density at radius 3 is 2.13 bits per heavy atom. The maximum atomic E-state index is 10.1. The Hall–Kier alpha value is -0.953. The molecule has 5 nitrogen and oxygen atoms in total. The van der Waals surface area contributed by atoms with Gasteiger partial charge in [0, 0.05) is 33.4 Å². The molecule has 0 aliphatic carbocycles. The molecule has 0 amide bonds. The summed E-state index contributed by atoms with van der Waals surface area (Å²) in [5, 5.41) is 8.33. The summed E-state index contributed by atoms with van der Waals surface area (Å²) in [6.45, 7) is 0. The third-order valence-electron chi connectivity index (χ3n) is 1.79. The van der Waals surface area contributed by atoms with Crippen molar-refractivity contribution >= 4 is 14.8 Å². The lowest BCUT2D eigenvalue weighted by molar-refractivity contribution is -0.131. The number of hydrogen-bond donors (Lipinski definition) is 1. The average Bonchev–Trinajstić information content (AvgIpc) is 2.24. The van der Waals surface area contributed by atoms with Crippen molar-refractivity contribution in [3.05, 3.63) is 24.3 Å². The van der Waals surface area contributed by atoms with Crippen LogP contribution in [0.3, 0.4) is 0 Å². The van der Waals surface area contributed by atoms with Gasteiger partial charge in [-0.25, -0.2) is 4.79 Å². The van der Waals surface area contributed by atoms with E-state index in [4.69, 9.17) is 18.4 Å². The van der Waals surface area contributed by atoms with E-state index in [2.05, 4.69) is 0 Å². The molecule has 0 atom stereocenters. The van der Waals surface area contributed by atoms with Crippen LogP contribution in [0.4, 0.5) is 0 Å². The van der Waals surface area contributed by atoms with Crippen LogP contribution in [-0.4, -0.2) is 41.2 Å². The van der Waals surface area contributed by atoms with Crippen LogP contribution < -0.4 is 0 Å². The summed E-state index contributed by atoms with van der Waals surface area (Å²) in [6, 6.07) is 0.500. The molecule has 0 aliphatic rings. The smallest absolute Gasteiger partial charge is 0.478 e. The molecule has 0 heterocycles. The highest BCUT2D eigenvalue weighted by molar-refractivity contribution is 6.61. The normalized spacial score (nSPS) is 12.7. The summed E-state index contributed by atoms with van der Waals surface area (Å²) in [5.74, 6) is -0.978. The maximum Gasteiger partial charge on any atom is 0.504 e. The molecule has 0 saturated carbocycles. The third kappa shape index (κ3) is 5.48. The quantitative estimate of drug-likeness (QED) is 0.404. The molecule has 0 saturated heterocycles. The van der Waals surface area contributed by atoms with Gasteiger partial charge in [0.25, 0.3) is 0 Å². The van der Waals surface area contributed by atoms with Crippen molar-refractivity contribution in [2.24, 2.45) is 0 Å². The topological polar surface area (TPSA) is 65.0 Å². The monoisotopic (exact) mass is 232 g/mol. The Morgan fingerprint density at radius 2 is 1.73 bits per heavy atom. The predicted octanol–water partition coefficient (Wildman–Crippen LogP) is 1.06. The highest BCUT2D eigenvalue weighted by Gasteiger charge is 2.35. The molecule has 0 aromatic heterocycles. The number of carboxylic acid groups (broad SMARTS) is 1. The highest BCUT2D eigenvalue weighted by atomic mass is 28.4. The van der Waals surface area contributed by atoms with E-state index in [1.54, 1.807) is 12.2 Å². The molecule has 0 unspecified atom stereocenters. The van der Waals surface area contributed by atoms with Crippen molar-refractivity contribution in [1.82, 2.24) is 0 Å². The van der Waals surface area contributed by atoms with Gasteiger partial charge in [-0.2, -0.15) is 0 Å². The fourth-order valence-corrected chi connectivity index (χ4v) is 2.35. The van der Waals surface area contributed by atoms with Gasteiger partial charge in [0.2, 0.25) is 0 Å². The van der Waals surface area contributed by atoms with Gasteiger partial charge in [0.1, 0.15) is 0 Å². The first kappa shape index (κ1) is 14.0. The van der Waals surface area contributed by atoms with Crippen LogP contribution in [0.15, 0.2) is 24.3 Å². The van der Waals surface area contributed by atoms with E-state index in [-0.39, 0.29) is 0 Å². The lowest BCUT2D eigenvalue weighted by atomic mass is 10.4. The summed E-state index contributed by atoms with van der Waals surface area (Å²) >= 11 is 0. The van der Waals surface area contributed by atoms with Crippen molar-refractivity contribution in [2.75, 3.05) is 21.3 Å². The minimum atomic E-state index is -2.56. The van der Waals surface area contributed by atoms with Gasteiger partial charge >= 0.3 is 14.8 Å². The van der Waals surface area contributed by atoms with E-state index in [0.717, 1.165) is 6.08 Å². The molecule has 86 valence electrons. The standard InChI is InChI=1S/C9H16O5Si/c1-12-15(13-2,14-3)8-6-4-5-7-9(10)11/h4-7H,8H2,1-3H3,(H,10,11). The Labute approximate surface area is 90.3 Å². The minimum absolute atomic E-state index is 0.500. The van der Waals surface area contributed by atoms with Crippen molar-refractivity contribution in [3.8, 4) is 0 Å². The first-order valence-corrected chi connectivity index (χ1v) is 6.25. The van der Waals surface area contributed by atoms with Gasteiger partial charge in [0.05, 0.1) is 0 Å². The molecule has 0 fully saturated rings. The van der Waals surface area contributed by atoms with Gasteiger partial charge in [-0.15, -0.1) is 0 Å². The van der Waals surface area contributed by atoms with Crippen molar-refractivity contribution in [3.63, 3.8) is 0 Å². The lowest BCUT2D eigenvalue weighted by Crippen LogP contribution is -2.42. The van der Waals surface area contributed by atoms with E-state index in [0.29, 0.717) is 6.04 Å². The Morgan fingerprint density at radius 1 is 1.20 bits per heavy atom. The summed E-state index contributed by atoms with van der Waals surface area (Å²) in [4.78, 5) is 10.1. The van der Waals surface area contributed by atoms with Crippen molar-refractivity contribution < 1.29 is 23.2 Å². The highest BCUT2D eigenvalue weighted by Crippen LogP contribution is 2.12. The van der Waals surface area contributed by atoms with E-state index in [9.17, 15) is 4.79 Å². The van der Waals surface area contributed by atoms with E-state index in [1.807, 2.05) is 0 Å². The van der Waals surface area contributed by atoms with Crippen LogP contribution >= 0.6 is 0 Å². The lowest BCUT2D eigenvalue weighted by Gasteiger charge is -2.22. The molecule has 0 aromatic rings. The molecular formula is C9H16O5Si. The summed E-state index contributed by atoms with van der Waals surface area (Å²) in [6.07, 6.45) is 5.85. The van der Waals surface area contributed by atoms with Crippen LogP contribution in [0, 0.1) is 0 Å². The van der Waals surface area contributed by atoms with Crippen molar-refractivity contribution in [2.45, 2.75) is 6.04 Å². The second-order valence-corrected chi connectivity index (χ2v) is 5.62. The van der Waals surface area contributed by atoms with Crippen LogP contribution in [0.25, 0.3) is 0 Å². The summed E-state index contributed by atoms with van der Waals surface area (Å²) in [5.41, 5.74) is 0. The molecule has 0 aliphatic heterocycles. The number of carboxylic acids is 1. The van der Waals surface area contributed by atoms with Crippen molar-refractivity contribution in [1.29, 1.82) is 0 Å². The summed E-state index contributed by atoms with van der Waals surface area (Å²) < 4.78 is 15.5. The van der Waals surface area contributed by atoms with Gasteiger partial charge < -0.3 is 18.4 Å². The first-order chi connectivity index (χ1) is 7.10. The second kappa shape index (κ2) is 7.35. The predicted molar refractivity (Wildman–Crippen MR) is 57.5 cm³/mol. The summed E-state index contributed by atoms with van der Waals surface area (Å²) in [7, 11) is 2.02. The average molecular weight is 232 g/mol. The van der Waals surface area contributed by atoms with E-state index in [1.165, 1.54) is 27.4 Å². The fraction of sp³-hybridized carbons (Fsp3) is 0.444. The van der Waals surface area contributed by atoms with Crippen LogP contribution in [-0.2, 0) is 18.1 Å². The zero-order chi connectivity index (χ0) is 11.7. The Bertz CT molecular complexity index is 237. The van der Waals surface area contributed by atoms with Gasteiger partial charge in [-0.05, 0) is 0 Å². The molecule has 6 heteroatoms. The minimum Gasteiger partial charge on any atom is -0.478 e. The maximum absolute atomic E-state index is 10.1. The molecular weight excluding hydrogens is 216 g/mol. The molecule has 15 heavy (non-hydrogen) atoms. The number of carbonyl (C=O) groups is 1. The molecule has 0 aromatic carbocycles. The van der Waals surface area contributed by atoms with Gasteiger partial charge in [-0.3, -0.25) is 0 Å². The van der Waals surface area contributed by atoms with Crippen LogP contribution in [0.5, 0.6) is 0 Å². The van der Waals surface area contributed by atoms with Crippen LogP contribution in [0.2, 0.25) is 6.04 Å².